The standard InChI is InChI=1S/C18H26N2O3/c1-12(2)23-16-10-7-14(11-17(16)22-4)18(21)20-19-15-8-5-13(3)6-9-15/h7,10-13H,5-6,8-9H2,1-4H3,(H,20,21). The number of nitrogens with one attached hydrogen (secondary N) is 1. The minimum absolute atomic E-state index is 0.0451. The van der Waals surface area contributed by atoms with Crippen molar-refractivity contribution in [2.75, 3.05) is 7.11 Å². The van der Waals surface area contributed by atoms with Crippen LogP contribution in [-0.4, -0.2) is 24.8 Å². The fourth-order valence-corrected chi connectivity index (χ4v) is 2.56. The third kappa shape index (κ3) is 4.98. The summed E-state index contributed by atoms with van der Waals surface area (Å²) >= 11 is 0. The van der Waals surface area contributed by atoms with E-state index < -0.39 is 0 Å². The van der Waals surface area contributed by atoms with Crippen molar-refractivity contribution < 1.29 is 14.3 Å². The van der Waals surface area contributed by atoms with Crippen molar-refractivity contribution in [1.29, 1.82) is 0 Å². The monoisotopic (exact) mass is 318 g/mol. The smallest absolute Gasteiger partial charge is 0.271 e. The zero-order chi connectivity index (χ0) is 16.8. The molecule has 0 atom stereocenters. The molecule has 1 saturated carbocycles. The van der Waals surface area contributed by atoms with Crippen LogP contribution in [0.1, 0.15) is 56.8 Å². The Bertz CT molecular complexity index is 572. The third-order valence-electron chi connectivity index (χ3n) is 3.96. The highest BCUT2D eigenvalue weighted by atomic mass is 16.5. The van der Waals surface area contributed by atoms with Crippen molar-refractivity contribution in [2.24, 2.45) is 11.0 Å². The van der Waals surface area contributed by atoms with Crippen molar-refractivity contribution in [1.82, 2.24) is 5.43 Å². The van der Waals surface area contributed by atoms with E-state index in [4.69, 9.17) is 9.47 Å². The van der Waals surface area contributed by atoms with Crippen molar-refractivity contribution in [3.63, 3.8) is 0 Å². The summed E-state index contributed by atoms with van der Waals surface area (Å²) in [6.07, 6.45) is 4.26. The van der Waals surface area contributed by atoms with Crippen molar-refractivity contribution in [3.8, 4) is 11.5 Å². The van der Waals surface area contributed by atoms with Crippen LogP contribution in [0.5, 0.6) is 11.5 Å². The molecule has 0 aliphatic heterocycles. The molecule has 5 heteroatoms. The molecule has 1 aliphatic carbocycles. The molecule has 0 bridgehead atoms. The summed E-state index contributed by atoms with van der Waals surface area (Å²) in [7, 11) is 1.56. The Balaban J connectivity index is 2.03. The maximum Gasteiger partial charge on any atom is 0.271 e. The van der Waals surface area contributed by atoms with Gasteiger partial charge in [-0.3, -0.25) is 4.79 Å². The van der Waals surface area contributed by atoms with Crippen LogP contribution in [0.25, 0.3) is 0 Å². The number of hydrogen-bond acceptors (Lipinski definition) is 4. The molecule has 1 aromatic rings. The van der Waals surface area contributed by atoms with Crippen LogP contribution < -0.4 is 14.9 Å². The number of hydrogen-bond donors (Lipinski definition) is 1. The number of rotatable bonds is 5. The molecule has 0 saturated heterocycles. The van der Waals surface area contributed by atoms with E-state index in [-0.39, 0.29) is 12.0 Å². The lowest BCUT2D eigenvalue weighted by atomic mass is 9.90. The molecular weight excluding hydrogens is 292 g/mol. The highest BCUT2D eigenvalue weighted by Gasteiger charge is 2.15. The summed E-state index contributed by atoms with van der Waals surface area (Å²) in [5, 5.41) is 4.27. The number of carbonyl (C=O) groups is 1. The van der Waals surface area contributed by atoms with Gasteiger partial charge in [-0.2, -0.15) is 5.10 Å². The molecule has 1 aromatic carbocycles. The molecule has 0 aromatic heterocycles. The maximum absolute atomic E-state index is 12.2. The first-order valence-electron chi connectivity index (χ1n) is 8.20. The van der Waals surface area contributed by atoms with Crippen LogP contribution in [0.15, 0.2) is 23.3 Å². The fourth-order valence-electron chi connectivity index (χ4n) is 2.56. The van der Waals surface area contributed by atoms with Crippen LogP contribution in [0, 0.1) is 5.92 Å². The van der Waals surface area contributed by atoms with Gasteiger partial charge in [-0.05, 0) is 63.6 Å². The lowest BCUT2D eigenvalue weighted by Gasteiger charge is -2.18. The van der Waals surface area contributed by atoms with E-state index in [1.807, 2.05) is 13.8 Å². The van der Waals surface area contributed by atoms with Gasteiger partial charge in [-0.15, -0.1) is 0 Å². The average Bonchev–Trinajstić information content (AvgIpc) is 2.54. The molecular formula is C18H26N2O3. The van der Waals surface area contributed by atoms with Gasteiger partial charge in [-0.25, -0.2) is 5.43 Å². The first-order chi connectivity index (χ1) is 11.0. The van der Waals surface area contributed by atoms with Gasteiger partial charge in [0.05, 0.1) is 13.2 Å². The molecule has 5 nitrogen and oxygen atoms in total. The van der Waals surface area contributed by atoms with Crippen LogP contribution in [0.2, 0.25) is 0 Å². The molecule has 1 N–H and O–H groups in total. The number of nitrogens with zero attached hydrogens (tertiary/aromatic N) is 1. The molecule has 0 spiro atoms. The number of methoxy groups -OCH3 is 1. The van der Waals surface area contributed by atoms with Crippen molar-refractivity contribution in [3.05, 3.63) is 23.8 Å². The summed E-state index contributed by atoms with van der Waals surface area (Å²) < 4.78 is 11.0. The third-order valence-corrected chi connectivity index (χ3v) is 3.96. The largest absolute Gasteiger partial charge is 0.493 e. The second-order valence-electron chi connectivity index (χ2n) is 6.33. The highest BCUT2D eigenvalue weighted by Crippen LogP contribution is 2.29. The zero-order valence-electron chi connectivity index (χ0n) is 14.4. The Morgan fingerprint density at radius 1 is 1.26 bits per heavy atom. The van der Waals surface area contributed by atoms with Crippen molar-refractivity contribution in [2.45, 2.75) is 52.6 Å². The first kappa shape index (κ1) is 17.3. The van der Waals surface area contributed by atoms with Gasteiger partial charge < -0.3 is 9.47 Å². The minimum atomic E-state index is -0.231. The molecule has 2 rings (SSSR count). The molecule has 1 aliphatic rings. The van der Waals surface area contributed by atoms with E-state index in [0.29, 0.717) is 17.1 Å². The Morgan fingerprint density at radius 2 is 1.96 bits per heavy atom. The Labute approximate surface area is 138 Å². The van der Waals surface area contributed by atoms with Crippen LogP contribution in [0.3, 0.4) is 0 Å². The van der Waals surface area contributed by atoms with Gasteiger partial charge in [0.25, 0.3) is 5.91 Å². The summed E-state index contributed by atoms with van der Waals surface area (Å²) in [6.45, 7) is 6.14. The SMILES string of the molecule is COc1cc(C(=O)NN=C2CCC(C)CC2)ccc1OC(C)C. The average molecular weight is 318 g/mol. The number of ether oxygens (including phenoxy) is 2. The number of carbonyl (C=O) groups excluding carboxylic acids is 1. The lowest BCUT2D eigenvalue weighted by molar-refractivity contribution is 0.0954. The van der Waals surface area contributed by atoms with E-state index in [1.165, 1.54) is 0 Å². The van der Waals surface area contributed by atoms with E-state index in [9.17, 15) is 4.79 Å². The van der Waals surface area contributed by atoms with Gasteiger partial charge in [0.2, 0.25) is 0 Å². The number of hydrazone groups is 1. The van der Waals surface area contributed by atoms with Gasteiger partial charge in [-0.1, -0.05) is 6.92 Å². The van der Waals surface area contributed by atoms with Gasteiger partial charge in [0.15, 0.2) is 11.5 Å². The van der Waals surface area contributed by atoms with Gasteiger partial charge in [0, 0.05) is 11.3 Å². The second-order valence-corrected chi connectivity index (χ2v) is 6.33. The Kier molecular flexibility index (Phi) is 6.02. The molecule has 0 unspecified atom stereocenters. The molecule has 1 fully saturated rings. The summed E-state index contributed by atoms with van der Waals surface area (Å²) in [5.41, 5.74) is 4.23. The topological polar surface area (TPSA) is 59.9 Å². The van der Waals surface area contributed by atoms with E-state index >= 15 is 0 Å². The number of amides is 1. The van der Waals surface area contributed by atoms with Crippen molar-refractivity contribution >= 4 is 11.6 Å². The molecule has 0 radical (unpaired) electrons. The Hall–Kier alpha value is -2.04. The zero-order valence-corrected chi connectivity index (χ0v) is 14.4. The van der Waals surface area contributed by atoms with E-state index in [1.54, 1.807) is 25.3 Å². The highest BCUT2D eigenvalue weighted by molar-refractivity contribution is 5.96. The van der Waals surface area contributed by atoms with E-state index in [0.717, 1.165) is 37.3 Å². The van der Waals surface area contributed by atoms with Gasteiger partial charge in [0.1, 0.15) is 0 Å². The summed E-state index contributed by atoms with van der Waals surface area (Å²) in [5.74, 6) is 1.70. The molecule has 23 heavy (non-hydrogen) atoms. The van der Waals surface area contributed by atoms with Gasteiger partial charge >= 0.3 is 0 Å². The van der Waals surface area contributed by atoms with Crippen LogP contribution in [-0.2, 0) is 0 Å². The minimum Gasteiger partial charge on any atom is -0.493 e. The summed E-state index contributed by atoms with van der Waals surface area (Å²) in [4.78, 5) is 12.2. The quantitative estimate of drug-likeness (QED) is 0.841. The van der Waals surface area contributed by atoms with E-state index in [2.05, 4.69) is 17.5 Å². The second kappa shape index (κ2) is 7.99. The first-order valence-corrected chi connectivity index (χ1v) is 8.20. The predicted molar refractivity (Wildman–Crippen MR) is 91.3 cm³/mol. The normalized spacial score (nSPS) is 17.8. The van der Waals surface area contributed by atoms with Crippen LogP contribution in [0.4, 0.5) is 0 Å². The van der Waals surface area contributed by atoms with Crippen LogP contribution >= 0.6 is 0 Å². The fraction of sp³-hybridized carbons (Fsp3) is 0.556. The summed E-state index contributed by atoms with van der Waals surface area (Å²) in [6, 6.07) is 5.15. The molecule has 1 amide bonds. The predicted octanol–water partition coefficient (Wildman–Crippen LogP) is 3.78. The maximum atomic E-state index is 12.2. The Morgan fingerprint density at radius 3 is 2.57 bits per heavy atom. The molecule has 126 valence electrons. The molecule has 0 heterocycles. The lowest BCUT2D eigenvalue weighted by Crippen LogP contribution is -2.22. The number of benzene rings is 1.